The first-order valence-corrected chi connectivity index (χ1v) is 8.18. The maximum atomic E-state index is 3.76. The van der Waals surface area contributed by atoms with Crippen LogP contribution < -0.4 is 0 Å². The predicted molar refractivity (Wildman–Crippen MR) is 84.2 cm³/mol. The molecule has 0 rings (SSSR count). The van der Waals surface area contributed by atoms with E-state index < -0.39 is 0 Å². The Morgan fingerprint density at radius 3 is 1.72 bits per heavy atom. The molecule has 0 spiro atoms. The van der Waals surface area contributed by atoms with Crippen molar-refractivity contribution in [2.75, 3.05) is 19.6 Å². The van der Waals surface area contributed by atoms with Crippen LogP contribution in [-0.4, -0.2) is 24.5 Å². The summed E-state index contributed by atoms with van der Waals surface area (Å²) in [6.07, 6.45) is 15.7. The van der Waals surface area contributed by atoms with Crippen LogP contribution in [0.5, 0.6) is 0 Å². The van der Waals surface area contributed by atoms with Crippen LogP contribution in [0.15, 0.2) is 12.7 Å². The Morgan fingerprint density at radius 1 is 0.722 bits per heavy atom. The van der Waals surface area contributed by atoms with E-state index in [1.165, 1.54) is 83.8 Å². The molecule has 0 aliphatic carbocycles. The lowest BCUT2D eigenvalue weighted by atomic mass is 10.1. The smallest absolute Gasteiger partial charge is 0.00187 e. The molecule has 0 radical (unpaired) electrons. The summed E-state index contributed by atoms with van der Waals surface area (Å²) in [5.41, 5.74) is 0. The van der Waals surface area contributed by atoms with Crippen LogP contribution in [0, 0.1) is 0 Å². The quantitative estimate of drug-likeness (QED) is 0.295. The zero-order valence-corrected chi connectivity index (χ0v) is 12.9. The first kappa shape index (κ1) is 17.7. The minimum atomic E-state index is 1.20. The van der Waals surface area contributed by atoms with Gasteiger partial charge in [0.25, 0.3) is 0 Å². The number of unbranched alkanes of at least 4 members (excludes halogenated alkanes) is 7. The molecular weight excluding hydrogens is 218 g/mol. The number of allylic oxidation sites excluding steroid dienone is 1. The zero-order valence-electron chi connectivity index (χ0n) is 12.9. The molecule has 1 heteroatoms. The molecule has 0 aromatic carbocycles. The van der Waals surface area contributed by atoms with Crippen LogP contribution in [0.4, 0.5) is 0 Å². The van der Waals surface area contributed by atoms with Crippen molar-refractivity contribution < 1.29 is 0 Å². The molecule has 0 aliphatic heterocycles. The van der Waals surface area contributed by atoms with Crippen LogP contribution in [-0.2, 0) is 0 Å². The summed E-state index contributed by atoms with van der Waals surface area (Å²) in [5.74, 6) is 0. The third-order valence-electron chi connectivity index (χ3n) is 3.46. The molecule has 1 nitrogen and oxygen atoms in total. The van der Waals surface area contributed by atoms with Crippen LogP contribution in [0.3, 0.4) is 0 Å². The molecule has 0 bridgehead atoms. The molecule has 0 fully saturated rings. The number of hydrogen-bond donors (Lipinski definition) is 0. The van der Waals surface area contributed by atoms with Crippen molar-refractivity contribution in [2.24, 2.45) is 0 Å². The van der Waals surface area contributed by atoms with Gasteiger partial charge in [0.05, 0.1) is 0 Å². The summed E-state index contributed by atoms with van der Waals surface area (Å²) in [7, 11) is 0. The lowest BCUT2D eigenvalue weighted by Crippen LogP contribution is -2.26. The summed E-state index contributed by atoms with van der Waals surface area (Å²) in [5, 5.41) is 0. The van der Waals surface area contributed by atoms with Gasteiger partial charge in [0.15, 0.2) is 0 Å². The maximum absolute atomic E-state index is 3.76. The Bertz CT molecular complexity index is 159. The number of hydrogen-bond acceptors (Lipinski definition) is 1. The van der Waals surface area contributed by atoms with Crippen molar-refractivity contribution in [2.45, 2.75) is 78.1 Å². The molecule has 18 heavy (non-hydrogen) atoms. The highest BCUT2D eigenvalue weighted by Crippen LogP contribution is 2.09. The molecule has 0 aliphatic rings. The summed E-state index contributed by atoms with van der Waals surface area (Å²) < 4.78 is 0. The van der Waals surface area contributed by atoms with Gasteiger partial charge in [-0.25, -0.2) is 0 Å². The molecule has 0 saturated carbocycles. The Labute approximate surface area is 116 Å². The van der Waals surface area contributed by atoms with Gasteiger partial charge in [-0.1, -0.05) is 52.0 Å². The van der Waals surface area contributed by atoms with Crippen molar-refractivity contribution >= 4 is 0 Å². The Morgan fingerprint density at radius 2 is 1.22 bits per heavy atom. The van der Waals surface area contributed by atoms with Gasteiger partial charge in [-0.05, 0) is 51.7 Å². The highest BCUT2D eigenvalue weighted by molar-refractivity contribution is 4.65. The number of nitrogens with zero attached hydrogens (tertiary/aromatic N) is 1. The third kappa shape index (κ3) is 12.2. The second kappa shape index (κ2) is 14.8. The monoisotopic (exact) mass is 253 g/mol. The van der Waals surface area contributed by atoms with Gasteiger partial charge in [0, 0.05) is 0 Å². The minimum absolute atomic E-state index is 1.20. The Balaban J connectivity index is 3.24. The maximum Gasteiger partial charge on any atom is -0.00187 e. The van der Waals surface area contributed by atoms with E-state index in [1.54, 1.807) is 0 Å². The lowest BCUT2D eigenvalue weighted by Gasteiger charge is -2.20. The largest absolute Gasteiger partial charge is 0.303 e. The highest BCUT2D eigenvalue weighted by atomic mass is 15.1. The van der Waals surface area contributed by atoms with E-state index in [4.69, 9.17) is 0 Å². The van der Waals surface area contributed by atoms with Gasteiger partial charge in [-0.15, -0.1) is 6.58 Å². The molecule has 0 aromatic heterocycles. The van der Waals surface area contributed by atoms with E-state index in [-0.39, 0.29) is 0 Å². The number of rotatable bonds is 14. The van der Waals surface area contributed by atoms with Gasteiger partial charge >= 0.3 is 0 Å². The van der Waals surface area contributed by atoms with Crippen LogP contribution in [0.2, 0.25) is 0 Å². The summed E-state index contributed by atoms with van der Waals surface area (Å²) in [4.78, 5) is 2.63. The van der Waals surface area contributed by atoms with E-state index in [0.717, 1.165) is 0 Å². The van der Waals surface area contributed by atoms with E-state index in [2.05, 4.69) is 25.3 Å². The van der Waals surface area contributed by atoms with Gasteiger partial charge in [-0.3, -0.25) is 0 Å². The van der Waals surface area contributed by atoms with E-state index in [1.807, 2.05) is 6.08 Å². The van der Waals surface area contributed by atoms with Gasteiger partial charge in [0.2, 0.25) is 0 Å². The van der Waals surface area contributed by atoms with Crippen molar-refractivity contribution in [1.29, 1.82) is 0 Å². The molecule has 0 saturated heterocycles. The highest BCUT2D eigenvalue weighted by Gasteiger charge is 2.01. The Hall–Kier alpha value is -0.300. The first-order chi connectivity index (χ1) is 8.85. The van der Waals surface area contributed by atoms with E-state index in [9.17, 15) is 0 Å². The summed E-state index contributed by atoms with van der Waals surface area (Å²) in [6, 6.07) is 0. The topological polar surface area (TPSA) is 3.24 Å². The SMILES string of the molecule is C=CCCCCCCCCCN(CCC)CCC. The van der Waals surface area contributed by atoms with Gasteiger partial charge in [0.1, 0.15) is 0 Å². The van der Waals surface area contributed by atoms with Gasteiger partial charge < -0.3 is 4.90 Å². The molecule has 0 aromatic rings. The average molecular weight is 253 g/mol. The fourth-order valence-corrected chi connectivity index (χ4v) is 2.48. The normalized spacial score (nSPS) is 11.1. The standard InChI is InChI=1S/C17H35N/c1-4-7-8-9-10-11-12-13-14-17-18(15-5-2)16-6-3/h4H,1,5-17H2,2-3H3. The molecule has 0 heterocycles. The van der Waals surface area contributed by atoms with Crippen LogP contribution >= 0.6 is 0 Å². The third-order valence-corrected chi connectivity index (χ3v) is 3.46. The Kier molecular flexibility index (Phi) is 14.5. The minimum Gasteiger partial charge on any atom is -0.303 e. The average Bonchev–Trinajstić information content (AvgIpc) is 2.37. The fraction of sp³-hybridized carbons (Fsp3) is 0.882. The zero-order chi connectivity index (χ0) is 13.5. The lowest BCUT2D eigenvalue weighted by molar-refractivity contribution is 0.267. The second-order valence-corrected chi connectivity index (χ2v) is 5.39. The van der Waals surface area contributed by atoms with Crippen molar-refractivity contribution in [1.82, 2.24) is 4.90 Å². The predicted octanol–water partition coefficient (Wildman–Crippen LogP) is 5.42. The molecule has 0 N–H and O–H groups in total. The molecule has 0 amide bonds. The molecule has 108 valence electrons. The van der Waals surface area contributed by atoms with Crippen molar-refractivity contribution in [3.8, 4) is 0 Å². The first-order valence-electron chi connectivity index (χ1n) is 8.18. The molecule has 0 unspecified atom stereocenters. The van der Waals surface area contributed by atoms with Crippen molar-refractivity contribution in [3.05, 3.63) is 12.7 Å². The molecule has 0 atom stereocenters. The van der Waals surface area contributed by atoms with E-state index >= 15 is 0 Å². The summed E-state index contributed by atoms with van der Waals surface area (Å²) in [6.45, 7) is 12.2. The van der Waals surface area contributed by atoms with Crippen LogP contribution in [0.25, 0.3) is 0 Å². The summed E-state index contributed by atoms with van der Waals surface area (Å²) >= 11 is 0. The molecular formula is C17H35N. The van der Waals surface area contributed by atoms with Crippen LogP contribution in [0.1, 0.15) is 78.1 Å². The van der Waals surface area contributed by atoms with Crippen molar-refractivity contribution in [3.63, 3.8) is 0 Å². The second-order valence-electron chi connectivity index (χ2n) is 5.39. The van der Waals surface area contributed by atoms with Gasteiger partial charge in [-0.2, -0.15) is 0 Å². The fourth-order valence-electron chi connectivity index (χ4n) is 2.48. The van der Waals surface area contributed by atoms with E-state index in [0.29, 0.717) is 0 Å².